The SMILES string of the molecule is N#CON1SNC(=O)C1C=S. The number of nitrogens with zero attached hydrogens (tertiary/aromatic N) is 2. The summed E-state index contributed by atoms with van der Waals surface area (Å²) in [6, 6.07) is -0.658. The lowest BCUT2D eigenvalue weighted by Crippen LogP contribution is -2.31. The Balaban J connectivity index is 2.62. The Labute approximate surface area is 72.5 Å². The van der Waals surface area contributed by atoms with Gasteiger partial charge >= 0.3 is 6.26 Å². The summed E-state index contributed by atoms with van der Waals surface area (Å²) in [6.07, 6.45) is 1.44. The average Bonchev–Trinajstić information content (AvgIpc) is 2.33. The van der Waals surface area contributed by atoms with Crippen molar-refractivity contribution >= 4 is 35.6 Å². The third-order valence-corrected chi connectivity index (χ3v) is 2.02. The van der Waals surface area contributed by atoms with E-state index >= 15 is 0 Å². The summed E-state index contributed by atoms with van der Waals surface area (Å²) in [5, 5.41) is 9.34. The second-order valence-electron chi connectivity index (χ2n) is 1.61. The summed E-state index contributed by atoms with van der Waals surface area (Å²) < 4.78 is 3.48. The van der Waals surface area contributed by atoms with Gasteiger partial charge in [-0.1, -0.05) is 12.2 Å². The van der Waals surface area contributed by atoms with E-state index in [1.54, 1.807) is 0 Å². The van der Waals surface area contributed by atoms with Crippen LogP contribution in [0.2, 0.25) is 0 Å². The van der Waals surface area contributed by atoms with Crippen molar-refractivity contribution in [2.24, 2.45) is 0 Å². The normalized spacial score (nSPS) is 23.9. The van der Waals surface area contributed by atoms with Crippen LogP contribution in [0.1, 0.15) is 0 Å². The third-order valence-electron chi connectivity index (χ3n) is 0.992. The molecule has 0 saturated carbocycles. The number of carbonyl (C=O) groups excluding carboxylic acids is 1. The number of rotatable bonds is 2. The van der Waals surface area contributed by atoms with Crippen molar-refractivity contribution in [1.29, 1.82) is 5.26 Å². The van der Waals surface area contributed by atoms with Crippen molar-refractivity contribution < 1.29 is 9.63 Å². The molecule has 1 heterocycles. The zero-order chi connectivity index (χ0) is 8.27. The fourth-order valence-electron chi connectivity index (χ4n) is 0.530. The van der Waals surface area contributed by atoms with Crippen LogP contribution in [0.15, 0.2) is 0 Å². The number of carbonyl (C=O) groups is 1. The summed E-state index contributed by atoms with van der Waals surface area (Å²) >= 11 is 5.45. The Hall–Kier alpha value is -0.840. The highest BCUT2D eigenvalue weighted by atomic mass is 32.2. The van der Waals surface area contributed by atoms with E-state index in [0.29, 0.717) is 0 Å². The van der Waals surface area contributed by atoms with E-state index in [9.17, 15) is 4.79 Å². The smallest absolute Gasteiger partial charge is 0.308 e. The van der Waals surface area contributed by atoms with E-state index in [0.717, 1.165) is 16.6 Å². The van der Waals surface area contributed by atoms with Crippen molar-refractivity contribution in [3.8, 4) is 6.26 Å². The molecule has 1 unspecified atom stereocenters. The molecule has 0 aromatic rings. The lowest BCUT2D eigenvalue weighted by molar-refractivity contribution is -0.123. The molecule has 11 heavy (non-hydrogen) atoms. The van der Waals surface area contributed by atoms with E-state index in [4.69, 9.17) is 5.26 Å². The molecule has 1 aliphatic rings. The molecule has 0 aromatic carbocycles. The van der Waals surface area contributed by atoms with Crippen LogP contribution in [0.25, 0.3) is 0 Å². The molecule has 0 aliphatic carbocycles. The molecule has 5 nitrogen and oxygen atoms in total. The minimum absolute atomic E-state index is 0.278. The molecular weight excluding hydrogens is 186 g/mol. The number of hydroxylamine groups is 1. The molecular formula is C4H3N3O2S2. The predicted octanol–water partition coefficient (Wildman–Crippen LogP) is -0.238. The van der Waals surface area contributed by atoms with Crippen LogP contribution in [-0.4, -0.2) is 21.8 Å². The van der Waals surface area contributed by atoms with Crippen LogP contribution in [0.5, 0.6) is 0 Å². The highest BCUT2D eigenvalue weighted by Crippen LogP contribution is 2.17. The highest BCUT2D eigenvalue weighted by molar-refractivity contribution is 7.96. The molecule has 1 atom stereocenters. The molecule has 58 valence electrons. The molecule has 1 aliphatic heterocycles. The third kappa shape index (κ3) is 1.59. The molecule has 7 heteroatoms. The topological polar surface area (TPSA) is 65.4 Å². The summed E-state index contributed by atoms with van der Waals surface area (Å²) in [7, 11) is 0. The van der Waals surface area contributed by atoms with Crippen molar-refractivity contribution in [3.05, 3.63) is 0 Å². The summed E-state index contributed by atoms with van der Waals surface area (Å²) in [6.45, 7) is 0. The molecule has 0 radical (unpaired) electrons. The summed E-state index contributed by atoms with van der Waals surface area (Å²) in [5.74, 6) is -0.278. The predicted molar refractivity (Wildman–Crippen MR) is 41.7 cm³/mol. The zero-order valence-electron chi connectivity index (χ0n) is 5.18. The first kappa shape index (κ1) is 8.26. The van der Waals surface area contributed by atoms with Crippen LogP contribution in [0.3, 0.4) is 0 Å². The molecule has 0 aromatic heterocycles. The number of thiocarbonyl (C=S) groups is 1. The van der Waals surface area contributed by atoms with Gasteiger partial charge in [-0.05, 0) is 4.47 Å². The quantitative estimate of drug-likeness (QED) is 0.367. The van der Waals surface area contributed by atoms with E-state index in [-0.39, 0.29) is 5.91 Å². The summed E-state index contributed by atoms with van der Waals surface area (Å²) in [4.78, 5) is 15.2. The molecule has 1 rings (SSSR count). The van der Waals surface area contributed by atoms with Gasteiger partial charge in [-0.15, -0.1) is 5.26 Å². The first-order chi connectivity index (χ1) is 5.29. The van der Waals surface area contributed by atoms with E-state index in [1.165, 1.54) is 11.6 Å². The Bertz CT molecular complexity index is 226. The molecule has 1 fully saturated rings. The molecule has 1 amide bonds. The van der Waals surface area contributed by atoms with Crippen LogP contribution >= 0.6 is 24.4 Å². The number of hydrogen-bond acceptors (Lipinski definition) is 6. The maximum Gasteiger partial charge on any atom is 0.308 e. The Morgan fingerprint density at radius 2 is 2.73 bits per heavy atom. The van der Waals surface area contributed by atoms with Gasteiger partial charge in [0.1, 0.15) is 0 Å². The molecule has 0 bridgehead atoms. The van der Waals surface area contributed by atoms with Crippen molar-refractivity contribution in [3.63, 3.8) is 0 Å². The van der Waals surface area contributed by atoms with Gasteiger partial charge in [0.2, 0.25) is 0 Å². The fraction of sp³-hybridized carbons (Fsp3) is 0.250. The van der Waals surface area contributed by atoms with E-state index in [2.05, 4.69) is 21.8 Å². The fourth-order valence-corrected chi connectivity index (χ4v) is 1.48. The van der Waals surface area contributed by atoms with Crippen LogP contribution in [-0.2, 0) is 9.63 Å². The lowest BCUT2D eigenvalue weighted by Gasteiger charge is -2.08. The lowest BCUT2D eigenvalue weighted by atomic mass is 10.3. The number of nitrogens with one attached hydrogen (secondary N) is 1. The maximum absolute atomic E-state index is 10.8. The van der Waals surface area contributed by atoms with Crippen molar-refractivity contribution in [2.75, 3.05) is 0 Å². The Kier molecular flexibility index (Phi) is 2.64. The second-order valence-corrected chi connectivity index (χ2v) is 2.63. The standard InChI is InChI=1S/C4H3N3O2S2/c5-2-9-7-3(1-10)4(8)6-11-7/h1,3H,(H,6,8). The first-order valence-electron chi connectivity index (χ1n) is 2.57. The van der Waals surface area contributed by atoms with Gasteiger partial charge in [-0.3, -0.25) is 9.52 Å². The minimum atomic E-state index is -0.658. The Morgan fingerprint density at radius 1 is 2.00 bits per heavy atom. The molecule has 1 saturated heterocycles. The first-order valence-corrected chi connectivity index (χ1v) is 3.81. The zero-order valence-corrected chi connectivity index (χ0v) is 6.82. The van der Waals surface area contributed by atoms with Crippen LogP contribution < -0.4 is 4.72 Å². The minimum Gasteiger partial charge on any atom is -0.314 e. The highest BCUT2D eigenvalue weighted by Gasteiger charge is 2.34. The van der Waals surface area contributed by atoms with Crippen LogP contribution in [0.4, 0.5) is 0 Å². The van der Waals surface area contributed by atoms with Gasteiger partial charge < -0.3 is 4.84 Å². The van der Waals surface area contributed by atoms with Gasteiger partial charge in [0, 0.05) is 5.37 Å². The maximum atomic E-state index is 10.8. The van der Waals surface area contributed by atoms with E-state index < -0.39 is 6.04 Å². The second kappa shape index (κ2) is 3.52. The van der Waals surface area contributed by atoms with Crippen LogP contribution in [0, 0.1) is 11.5 Å². The Morgan fingerprint density at radius 3 is 3.27 bits per heavy atom. The largest absolute Gasteiger partial charge is 0.314 e. The number of hydrogen-bond donors (Lipinski definition) is 1. The summed E-state index contributed by atoms with van der Waals surface area (Å²) in [5.41, 5.74) is 0. The van der Waals surface area contributed by atoms with E-state index in [1.807, 2.05) is 0 Å². The van der Waals surface area contributed by atoms with Gasteiger partial charge in [0.05, 0.1) is 12.1 Å². The number of nitriles is 1. The van der Waals surface area contributed by atoms with Crippen molar-refractivity contribution in [1.82, 2.24) is 9.19 Å². The molecule has 1 N–H and O–H groups in total. The molecule has 0 spiro atoms. The van der Waals surface area contributed by atoms with Gasteiger partial charge in [-0.25, -0.2) is 0 Å². The van der Waals surface area contributed by atoms with Gasteiger partial charge in [0.25, 0.3) is 5.91 Å². The van der Waals surface area contributed by atoms with Gasteiger partial charge in [-0.2, -0.15) is 0 Å². The van der Waals surface area contributed by atoms with Gasteiger partial charge in [0.15, 0.2) is 6.04 Å². The van der Waals surface area contributed by atoms with Crippen molar-refractivity contribution in [2.45, 2.75) is 6.04 Å². The monoisotopic (exact) mass is 189 g/mol. The number of amides is 1. The average molecular weight is 189 g/mol.